The van der Waals surface area contributed by atoms with Crippen molar-refractivity contribution < 1.29 is 4.79 Å². The molecule has 2 N–H and O–H groups in total. The molecule has 1 atom stereocenters. The van der Waals surface area contributed by atoms with Crippen LogP contribution >= 0.6 is 22.6 Å². The lowest BCUT2D eigenvalue weighted by atomic mass is 10.2. The lowest BCUT2D eigenvalue weighted by molar-refractivity contribution is 0.0938. The quantitative estimate of drug-likeness (QED) is 0.837. The zero-order valence-corrected chi connectivity index (χ0v) is 11.3. The monoisotopic (exact) mass is 342 g/mol. The van der Waals surface area contributed by atoms with E-state index >= 15 is 0 Å². The van der Waals surface area contributed by atoms with Crippen molar-refractivity contribution in [3.05, 3.63) is 45.6 Å². The Labute approximate surface area is 112 Å². The summed E-state index contributed by atoms with van der Waals surface area (Å²) in [5.74, 6) is 0.524. The Bertz CT molecular complexity index is 512. The van der Waals surface area contributed by atoms with Gasteiger partial charge in [0.1, 0.15) is 12.2 Å². The molecular formula is C11H11IN4O. The SMILES string of the molecule is CC(NC(=O)c1cccc(I)c1)c1ncn[nH]1. The maximum absolute atomic E-state index is 11.9. The second-order valence-corrected chi connectivity index (χ2v) is 4.82. The van der Waals surface area contributed by atoms with E-state index in [2.05, 4.69) is 43.1 Å². The van der Waals surface area contributed by atoms with Crippen LogP contribution in [-0.4, -0.2) is 21.1 Å². The number of hydrogen-bond acceptors (Lipinski definition) is 3. The number of amides is 1. The zero-order chi connectivity index (χ0) is 12.3. The van der Waals surface area contributed by atoms with Crippen molar-refractivity contribution in [2.45, 2.75) is 13.0 Å². The van der Waals surface area contributed by atoms with Crippen molar-refractivity contribution in [1.82, 2.24) is 20.5 Å². The van der Waals surface area contributed by atoms with Gasteiger partial charge < -0.3 is 5.32 Å². The van der Waals surface area contributed by atoms with Gasteiger partial charge in [0.05, 0.1) is 6.04 Å². The molecule has 88 valence electrons. The van der Waals surface area contributed by atoms with Gasteiger partial charge in [0.25, 0.3) is 5.91 Å². The molecule has 1 amide bonds. The number of benzene rings is 1. The summed E-state index contributed by atoms with van der Waals surface area (Å²) in [4.78, 5) is 15.9. The van der Waals surface area contributed by atoms with Gasteiger partial charge in [0, 0.05) is 9.13 Å². The molecule has 1 unspecified atom stereocenters. The summed E-state index contributed by atoms with van der Waals surface area (Å²) in [6.45, 7) is 1.85. The Morgan fingerprint density at radius 1 is 1.53 bits per heavy atom. The predicted molar refractivity (Wildman–Crippen MR) is 71.4 cm³/mol. The van der Waals surface area contributed by atoms with Crippen LogP contribution < -0.4 is 5.32 Å². The number of rotatable bonds is 3. The molecule has 0 aliphatic carbocycles. The Hall–Kier alpha value is -1.44. The predicted octanol–water partition coefficient (Wildman–Crippen LogP) is 1.90. The largest absolute Gasteiger partial charge is 0.342 e. The number of aromatic nitrogens is 3. The molecule has 0 aliphatic rings. The Balaban J connectivity index is 2.07. The highest BCUT2D eigenvalue weighted by Crippen LogP contribution is 2.10. The lowest BCUT2D eigenvalue weighted by Crippen LogP contribution is -2.27. The van der Waals surface area contributed by atoms with Gasteiger partial charge in [-0.2, -0.15) is 5.10 Å². The highest BCUT2D eigenvalue weighted by atomic mass is 127. The molecule has 17 heavy (non-hydrogen) atoms. The molecule has 0 saturated heterocycles. The maximum Gasteiger partial charge on any atom is 0.251 e. The molecule has 6 heteroatoms. The molecule has 5 nitrogen and oxygen atoms in total. The number of halogens is 1. The second-order valence-electron chi connectivity index (χ2n) is 3.58. The molecule has 0 bridgehead atoms. The van der Waals surface area contributed by atoms with Crippen LogP contribution in [-0.2, 0) is 0 Å². The fraction of sp³-hybridized carbons (Fsp3) is 0.182. The van der Waals surface area contributed by atoms with Crippen LogP contribution in [0.5, 0.6) is 0 Å². The van der Waals surface area contributed by atoms with Crippen LogP contribution in [0.4, 0.5) is 0 Å². The number of H-pyrrole nitrogens is 1. The number of nitrogens with zero attached hydrogens (tertiary/aromatic N) is 2. The molecule has 0 saturated carbocycles. The maximum atomic E-state index is 11.9. The van der Waals surface area contributed by atoms with Crippen molar-refractivity contribution in [2.24, 2.45) is 0 Å². The molecular weight excluding hydrogens is 331 g/mol. The van der Waals surface area contributed by atoms with Crippen molar-refractivity contribution in [3.63, 3.8) is 0 Å². The highest BCUT2D eigenvalue weighted by Gasteiger charge is 2.13. The minimum atomic E-state index is -0.192. The Morgan fingerprint density at radius 3 is 3.00 bits per heavy atom. The van der Waals surface area contributed by atoms with Crippen LogP contribution in [0.1, 0.15) is 29.1 Å². The normalized spacial score (nSPS) is 12.1. The molecule has 1 heterocycles. The smallest absolute Gasteiger partial charge is 0.251 e. The summed E-state index contributed by atoms with van der Waals surface area (Å²) in [6, 6.07) is 7.23. The van der Waals surface area contributed by atoms with E-state index < -0.39 is 0 Å². The van der Waals surface area contributed by atoms with E-state index in [4.69, 9.17) is 0 Å². The minimum Gasteiger partial charge on any atom is -0.342 e. The fourth-order valence-corrected chi connectivity index (χ4v) is 1.94. The summed E-state index contributed by atoms with van der Waals surface area (Å²) in [5.41, 5.74) is 0.642. The van der Waals surface area contributed by atoms with Gasteiger partial charge in [-0.1, -0.05) is 6.07 Å². The zero-order valence-electron chi connectivity index (χ0n) is 9.14. The van der Waals surface area contributed by atoms with E-state index in [9.17, 15) is 4.79 Å². The molecule has 0 aliphatic heterocycles. The molecule has 2 aromatic rings. The molecule has 0 spiro atoms. The first-order valence-electron chi connectivity index (χ1n) is 5.08. The number of hydrogen-bond donors (Lipinski definition) is 2. The number of nitrogens with one attached hydrogen (secondary N) is 2. The minimum absolute atomic E-state index is 0.118. The summed E-state index contributed by atoms with van der Waals surface area (Å²) in [6.07, 6.45) is 1.42. The van der Waals surface area contributed by atoms with Crippen LogP contribution in [0.3, 0.4) is 0 Å². The fourth-order valence-electron chi connectivity index (χ4n) is 1.40. The third-order valence-corrected chi connectivity index (χ3v) is 2.95. The van der Waals surface area contributed by atoms with Gasteiger partial charge in [-0.15, -0.1) is 0 Å². The van der Waals surface area contributed by atoms with Crippen molar-refractivity contribution in [3.8, 4) is 0 Å². The van der Waals surface area contributed by atoms with Crippen molar-refractivity contribution in [1.29, 1.82) is 0 Å². The van der Waals surface area contributed by atoms with Crippen LogP contribution in [0.2, 0.25) is 0 Å². The van der Waals surface area contributed by atoms with Crippen LogP contribution in [0.15, 0.2) is 30.6 Å². The first-order chi connectivity index (χ1) is 8.16. The first-order valence-corrected chi connectivity index (χ1v) is 6.16. The molecule has 1 aromatic carbocycles. The summed E-state index contributed by atoms with van der Waals surface area (Å²) >= 11 is 2.17. The standard InChI is InChI=1S/C11H11IN4O/c1-7(10-13-6-14-16-10)15-11(17)8-3-2-4-9(12)5-8/h2-7H,1H3,(H,15,17)(H,13,14,16). The number of carbonyl (C=O) groups excluding carboxylic acids is 1. The van der Waals surface area contributed by atoms with E-state index in [0.717, 1.165) is 3.57 Å². The van der Waals surface area contributed by atoms with E-state index in [1.807, 2.05) is 25.1 Å². The molecule has 2 rings (SSSR count). The van der Waals surface area contributed by atoms with Crippen molar-refractivity contribution >= 4 is 28.5 Å². The van der Waals surface area contributed by atoms with Gasteiger partial charge >= 0.3 is 0 Å². The van der Waals surface area contributed by atoms with Gasteiger partial charge in [-0.05, 0) is 47.7 Å². The van der Waals surface area contributed by atoms with Crippen LogP contribution in [0, 0.1) is 3.57 Å². The van der Waals surface area contributed by atoms with Crippen molar-refractivity contribution in [2.75, 3.05) is 0 Å². The Kier molecular flexibility index (Phi) is 3.72. The molecule has 0 radical (unpaired) electrons. The van der Waals surface area contributed by atoms with E-state index in [1.54, 1.807) is 6.07 Å². The van der Waals surface area contributed by atoms with Crippen LogP contribution in [0.25, 0.3) is 0 Å². The lowest BCUT2D eigenvalue weighted by Gasteiger charge is -2.11. The van der Waals surface area contributed by atoms with E-state index in [0.29, 0.717) is 11.4 Å². The van der Waals surface area contributed by atoms with Gasteiger partial charge in [0.15, 0.2) is 0 Å². The molecule has 0 fully saturated rings. The average Bonchev–Trinajstić information content (AvgIpc) is 2.82. The topological polar surface area (TPSA) is 70.7 Å². The second kappa shape index (κ2) is 5.26. The van der Waals surface area contributed by atoms with Gasteiger partial charge in [-0.3, -0.25) is 9.89 Å². The first kappa shape index (κ1) is 12.0. The van der Waals surface area contributed by atoms with E-state index in [-0.39, 0.29) is 11.9 Å². The third-order valence-electron chi connectivity index (χ3n) is 2.28. The van der Waals surface area contributed by atoms with Gasteiger partial charge in [-0.25, -0.2) is 4.98 Å². The Morgan fingerprint density at radius 2 is 2.35 bits per heavy atom. The van der Waals surface area contributed by atoms with E-state index in [1.165, 1.54) is 6.33 Å². The summed E-state index contributed by atoms with van der Waals surface area (Å²) in [7, 11) is 0. The summed E-state index contributed by atoms with van der Waals surface area (Å²) < 4.78 is 1.03. The highest BCUT2D eigenvalue weighted by molar-refractivity contribution is 14.1. The number of carbonyl (C=O) groups is 1. The van der Waals surface area contributed by atoms with Gasteiger partial charge in [0.2, 0.25) is 0 Å². The molecule has 1 aromatic heterocycles. The summed E-state index contributed by atoms with van der Waals surface area (Å²) in [5, 5.41) is 9.33. The number of aromatic amines is 1. The third kappa shape index (κ3) is 3.02. The average molecular weight is 342 g/mol.